The van der Waals surface area contributed by atoms with Gasteiger partial charge in [0.25, 0.3) is 5.91 Å². The Morgan fingerprint density at radius 3 is 2.50 bits per heavy atom. The van der Waals surface area contributed by atoms with Crippen LogP contribution in [-0.2, 0) is 24.4 Å². The summed E-state index contributed by atoms with van der Waals surface area (Å²) in [4.78, 5) is 32.2. The number of nitrogens with zero attached hydrogens (tertiary/aromatic N) is 6. The van der Waals surface area contributed by atoms with Gasteiger partial charge in [0.15, 0.2) is 0 Å². The summed E-state index contributed by atoms with van der Waals surface area (Å²) in [7, 11) is 0. The van der Waals surface area contributed by atoms with Crippen molar-refractivity contribution >= 4 is 11.9 Å². The maximum absolute atomic E-state index is 13.2. The van der Waals surface area contributed by atoms with Crippen LogP contribution in [0.5, 0.6) is 6.01 Å². The number of fused-ring (bicyclic) bond motifs is 1. The molecule has 10 nitrogen and oxygen atoms in total. The Bertz CT molecular complexity index is 1130. The second-order valence-corrected chi connectivity index (χ2v) is 7.40. The molecule has 0 saturated heterocycles. The van der Waals surface area contributed by atoms with E-state index < -0.39 is 12.1 Å². The maximum Gasteiger partial charge on any atom is 0.490 e. The van der Waals surface area contributed by atoms with Crippen LogP contribution >= 0.6 is 0 Å². The van der Waals surface area contributed by atoms with Crippen LogP contribution in [0, 0.1) is 6.92 Å². The van der Waals surface area contributed by atoms with E-state index in [4.69, 9.17) is 14.6 Å². The first-order chi connectivity index (χ1) is 16.1. The minimum Gasteiger partial charge on any atom is -0.475 e. The highest BCUT2D eigenvalue weighted by Gasteiger charge is 2.38. The van der Waals surface area contributed by atoms with Gasteiger partial charge in [-0.2, -0.15) is 18.3 Å². The number of carboxylic acid groups (broad SMARTS) is 1. The highest BCUT2D eigenvalue weighted by atomic mass is 19.4. The van der Waals surface area contributed by atoms with Crippen LogP contribution in [0.25, 0.3) is 0 Å². The first-order valence-electron chi connectivity index (χ1n) is 10.3. The molecule has 1 amide bonds. The van der Waals surface area contributed by atoms with Crippen molar-refractivity contribution < 1.29 is 32.6 Å². The quantitative estimate of drug-likeness (QED) is 0.610. The number of aromatic nitrogens is 5. The Morgan fingerprint density at radius 2 is 1.88 bits per heavy atom. The Hall–Kier alpha value is -3.90. The summed E-state index contributed by atoms with van der Waals surface area (Å²) >= 11 is 0. The highest BCUT2D eigenvalue weighted by Crippen LogP contribution is 2.19. The molecule has 13 heteroatoms. The summed E-state index contributed by atoms with van der Waals surface area (Å²) in [6.45, 7) is 6.14. The molecule has 1 unspecified atom stereocenters. The maximum atomic E-state index is 13.2. The minimum absolute atomic E-state index is 0.0466. The molecule has 1 aliphatic rings. The van der Waals surface area contributed by atoms with Crippen LogP contribution < -0.4 is 4.74 Å². The highest BCUT2D eigenvalue weighted by molar-refractivity contribution is 5.92. The number of hydrogen-bond acceptors (Lipinski definition) is 6. The van der Waals surface area contributed by atoms with E-state index in [1.165, 1.54) is 0 Å². The van der Waals surface area contributed by atoms with E-state index in [1.54, 1.807) is 23.1 Å². The van der Waals surface area contributed by atoms with Gasteiger partial charge in [-0.1, -0.05) is 0 Å². The average Bonchev–Trinajstić information content (AvgIpc) is 3.34. The number of aliphatic carboxylic acids is 1. The van der Waals surface area contributed by atoms with E-state index in [0.29, 0.717) is 37.9 Å². The second kappa shape index (κ2) is 10.4. The third-order valence-electron chi connectivity index (χ3n) is 4.87. The van der Waals surface area contributed by atoms with Crippen molar-refractivity contribution in [2.24, 2.45) is 0 Å². The number of alkyl halides is 3. The van der Waals surface area contributed by atoms with Crippen molar-refractivity contribution in [3.8, 4) is 6.01 Å². The predicted octanol–water partition coefficient (Wildman–Crippen LogP) is 2.54. The average molecular weight is 480 g/mol. The van der Waals surface area contributed by atoms with E-state index in [2.05, 4.69) is 19.6 Å². The predicted molar refractivity (Wildman–Crippen MR) is 112 cm³/mol. The molecule has 182 valence electrons. The topological polar surface area (TPSA) is 115 Å². The van der Waals surface area contributed by atoms with Crippen LogP contribution in [-0.4, -0.2) is 65.0 Å². The molecule has 34 heavy (non-hydrogen) atoms. The van der Waals surface area contributed by atoms with Crippen LogP contribution in [0.2, 0.25) is 0 Å². The SMILES string of the molecule is CCn1nc(C)cc1C(=O)N1Cc2cccn2CC(Oc2ncccn2)C1.O=C(O)C(F)(F)F. The van der Waals surface area contributed by atoms with Crippen LogP contribution in [0.3, 0.4) is 0 Å². The fourth-order valence-electron chi connectivity index (χ4n) is 3.40. The molecule has 1 N–H and O–H groups in total. The smallest absolute Gasteiger partial charge is 0.475 e. The molecule has 3 aromatic rings. The van der Waals surface area contributed by atoms with E-state index in [-0.39, 0.29) is 12.0 Å². The summed E-state index contributed by atoms with van der Waals surface area (Å²) < 4.78 is 41.6. The van der Waals surface area contributed by atoms with E-state index in [0.717, 1.165) is 11.4 Å². The molecular weight excluding hydrogens is 457 g/mol. The van der Waals surface area contributed by atoms with Crippen molar-refractivity contribution in [1.29, 1.82) is 0 Å². The minimum atomic E-state index is -5.08. The van der Waals surface area contributed by atoms with Crippen molar-refractivity contribution in [2.45, 2.75) is 45.8 Å². The van der Waals surface area contributed by atoms with E-state index in [1.807, 2.05) is 43.1 Å². The van der Waals surface area contributed by atoms with Gasteiger partial charge in [-0.05, 0) is 38.1 Å². The van der Waals surface area contributed by atoms with Gasteiger partial charge in [0.05, 0.1) is 25.3 Å². The largest absolute Gasteiger partial charge is 0.490 e. The molecule has 0 bridgehead atoms. The number of rotatable bonds is 4. The van der Waals surface area contributed by atoms with Crippen LogP contribution in [0.15, 0.2) is 42.9 Å². The zero-order valence-corrected chi connectivity index (χ0v) is 18.4. The van der Waals surface area contributed by atoms with E-state index in [9.17, 15) is 18.0 Å². The molecule has 1 aliphatic heterocycles. The molecule has 4 rings (SSSR count). The van der Waals surface area contributed by atoms with Gasteiger partial charge in [-0.3, -0.25) is 9.48 Å². The van der Waals surface area contributed by atoms with Gasteiger partial charge in [-0.25, -0.2) is 14.8 Å². The zero-order chi connectivity index (χ0) is 24.9. The molecule has 0 fully saturated rings. The molecule has 4 heterocycles. The Balaban J connectivity index is 0.000000406. The Morgan fingerprint density at radius 1 is 1.21 bits per heavy atom. The summed E-state index contributed by atoms with van der Waals surface area (Å²) in [5.74, 6) is -2.80. The lowest BCUT2D eigenvalue weighted by atomic mass is 10.2. The standard InChI is InChI=1S/C19H22N6O2.C2HF3O2/c1-3-25-17(10-14(2)22-25)18(26)24-11-15-6-4-9-23(15)12-16(13-24)27-19-20-7-5-8-21-19;3-2(4,5)1(6)7/h4-10,16H,3,11-13H2,1-2H3;(H,6,7). The van der Waals surface area contributed by atoms with Crippen LogP contribution in [0.1, 0.15) is 28.8 Å². The normalized spacial score (nSPS) is 15.6. The monoisotopic (exact) mass is 480 g/mol. The van der Waals surface area contributed by atoms with Gasteiger partial charge < -0.3 is 19.3 Å². The number of amides is 1. The third kappa shape index (κ3) is 6.11. The van der Waals surface area contributed by atoms with Gasteiger partial charge in [-0.15, -0.1) is 0 Å². The third-order valence-corrected chi connectivity index (χ3v) is 4.87. The second-order valence-electron chi connectivity index (χ2n) is 7.40. The molecule has 0 saturated carbocycles. The van der Waals surface area contributed by atoms with Gasteiger partial charge in [0.2, 0.25) is 0 Å². The number of carbonyl (C=O) groups excluding carboxylic acids is 1. The lowest BCUT2D eigenvalue weighted by Crippen LogP contribution is -2.39. The number of carboxylic acids is 1. The molecule has 3 aromatic heterocycles. The van der Waals surface area contributed by atoms with Crippen molar-refractivity contribution in [3.05, 3.63) is 59.9 Å². The molecule has 0 aliphatic carbocycles. The Labute approximate surface area is 192 Å². The molecule has 0 spiro atoms. The number of halogens is 3. The lowest BCUT2D eigenvalue weighted by Gasteiger charge is -2.24. The fraction of sp³-hybridized carbons (Fsp3) is 0.381. The molecular formula is C21H23F3N6O4. The first kappa shape index (κ1) is 24.7. The summed E-state index contributed by atoms with van der Waals surface area (Å²) in [6.07, 6.45) is -0.0347. The first-order valence-corrected chi connectivity index (χ1v) is 10.3. The summed E-state index contributed by atoms with van der Waals surface area (Å²) in [5.41, 5.74) is 2.51. The number of ether oxygens (including phenoxy) is 1. The Kier molecular flexibility index (Phi) is 7.54. The fourth-order valence-corrected chi connectivity index (χ4v) is 3.40. The zero-order valence-electron chi connectivity index (χ0n) is 18.4. The van der Waals surface area contributed by atoms with E-state index >= 15 is 0 Å². The van der Waals surface area contributed by atoms with Crippen LogP contribution in [0.4, 0.5) is 13.2 Å². The number of aryl methyl sites for hydroxylation is 2. The molecule has 0 radical (unpaired) electrons. The lowest BCUT2D eigenvalue weighted by molar-refractivity contribution is -0.192. The van der Waals surface area contributed by atoms with Crippen molar-refractivity contribution in [3.63, 3.8) is 0 Å². The number of hydrogen-bond donors (Lipinski definition) is 1. The number of carbonyl (C=O) groups is 2. The summed E-state index contributed by atoms with van der Waals surface area (Å²) in [5, 5.41) is 11.5. The van der Waals surface area contributed by atoms with Crippen molar-refractivity contribution in [1.82, 2.24) is 29.2 Å². The summed E-state index contributed by atoms with van der Waals surface area (Å²) in [6, 6.07) is 7.92. The van der Waals surface area contributed by atoms with Crippen molar-refractivity contribution in [2.75, 3.05) is 6.54 Å². The molecule has 1 atom stereocenters. The molecule has 0 aromatic carbocycles. The van der Waals surface area contributed by atoms with Gasteiger partial charge in [0.1, 0.15) is 11.8 Å². The van der Waals surface area contributed by atoms with Gasteiger partial charge in [0, 0.05) is 30.8 Å². The van der Waals surface area contributed by atoms with Gasteiger partial charge >= 0.3 is 18.2 Å².